The van der Waals surface area contributed by atoms with Crippen molar-refractivity contribution in [2.45, 2.75) is 227 Å². The quantitative estimate of drug-likeness (QED) is 0.0771. The summed E-state index contributed by atoms with van der Waals surface area (Å²) in [6.07, 6.45) is 40.4. The molecule has 0 unspecified atom stereocenters. The normalized spacial score (nSPS) is 10.6. The first-order valence-electron chi connectivity index (χ1n) is 18.0. The van der Waals surface area contributed by atoms with Gasteiger partial charge in [0.05, 0.1) is 0 Å². The summed E-state index contributed by atoms with van der Waals surface area (Å²) in [5.41, 5.74) is 0. The summed E-state index contributed by atoms with van der Waals surface area (Å²) in [7, 11) is 0. The number of hydrogen-bond donors (Lipinski definition) is 2. The highest BCUT2D eigenvalue weighted by molar-refractivity contribution is 5.66. The van der Waals surface area contributed by atoms with Gasteiger partial charge in [-0.15, -0.1) is 0 Å². The molecule has 0 spiro atoms. The molecule has 0 fully saturated rings. The topological polar surface area (TPSA) is 74.6 Å². The zero-order valence-corrected chi connectivity index (χ0v) is 27.3. The van der Waals surface area contributed by atoms with Gasteiger partial charge in [0.25, 0.3) is 0 Å². The van der Waals surface area contributed by atoms with Crippen LogP contribution in [0, 0.1) is 0 Å². The first-order chi connectivity index (χ1) is 19.5. The van der Waals surface area contributed by atoms with Gasteiger partial charge in [0, 0.05) is 12.8 Å². The van der Waals surface area contributed by atoms with Crippen molar-refractivity contribution in [2.24, 2.45) is 0 Å². The lowest BCUT2D eigenvalue weighted by atomic mass is 10.0. The molecule has 0 amide bonds. The van der Waals surface area contributed by atoms with Crippen LogP contribution in [0.25, 0.3) is 0 Å². The summed E-state index contributed by atoms with van der Waals surface area (Å²) in [4.78, 5) is 20.7. The van der Waals surface area contributed by atoms with E-state index in [1.807, 2.05) is 0 Å². The molecule has 0 saturated heterocycles. The zero-order chi connectivity index (χ0) is 29.8. The minimum absolute atomic E-state index is 0. The third-order valence-electron chi connectivity index (χ3n) is 7.99. The van der Waals surface area contributed by atoms with Crippen LogP contribution in [0.2, 0.25) is 0 Å². The van der Waals surface area contributed by atoms with E-state index >= 15 is 0 Å². The smallest absolute Gasteiger partial charge is 0.303 e. The Labute approximate surface area is 258 Å². The lowest BCUT2D eigenvalue weighted by Gasteiger charge is -2.03. The number of carbonyl (C=O) groups is 2. The maximum Gasteiger partial charge on any atom is 0.303 e. The summed E-state index contributed by atoms with van der Waals surface area (Å²) >= 11 is 0. The molecule has 0 aliphatic carbocycles. The molecule has 0 atom stereocenters. The maximum atomic E-state index is 10.3. The Morgan fingerprint density at radius 2 is 0.463 bits per heavy atom. The highest BCUT2D eigenvalue weighted by atomic mass is 16.4. The van der Waals surface area contributed by atoms with Gasteiger partial charge in [-0.3, -0.25) is 9.59 Å². The molecule has 0 radical (unpaired) electrons. The largest absolute Gasteiger partial charge is 0.481 e. The molecule has 0 bridgehead atoms. The van der Waals surface area contributed by atoms with Crippen LogP contribution in [0.4, 0.5) is 0 Å². The molecule has 0 heterocycles. The molecule has 4 heteroatoms. The Morgan fingerprint density at radius 1 is 0.317 bits per heavy atom. The monoisotopic (exact) mass is 585 g/mol. The van der Waals surface area contributed by atoms with Crippen molar-refractivity contribution < 1.29 is 19.8 Å². The Balaban J connectivity index is -0.000000688. The predicted octanol–water partition coefficient (Wildman–Crippen LogP) is 13.3. The lowest BCUT2D eigenvalue weighted by molar-refractivity contribution is -0.138. The third-order valence-corrected chi connectivity index (χ3v) is 7.99. The molecule has 2 N–H and O–H groups in total. The molecular weight excluding hydrogens is 508 g/mol. The van der Waals surface area contributed by atoms with E-state index in [1.165, 1.54) is 167 Å². The van der Waals surface area contributed by atoms with Crippen LogP contribution in [-0.4, -0.2) is 22.2 Å². The fraction of sp³-hybridized carbons (Fsp3) is 0.946. The van der Waals surface area contributed by atoms with E-state index < -0.39 is 11.9 Å². The van der Waals surface area contributed by atoms with E-state index in [1.54, 1.807) is 0 Å². The molecule has 0 aliphatic heterocycles. The standard InChI is InChI=1S/2C18H36O2.CH4/c2*1-2-3-4-5-6-7-8-9-10-11-12-13-14-15-16-17-18(19)20;/h2*2-17H2,1H3,(H,19,20);1H4. The second kappa shape index (κ2) is 41.1. The van der Waals surface area contributed by atoms with Crippen molar-refractivity contribution in [1.82, 2.24) is 0 Å². The lowest BCUT2D eigenvalue weighted by Crippen LogP contribution is -1.93. The van der Waals surface area contributed by atoms with Crippen LogP contribution < -0.4 is 0 Å². The van der Waals surface area contributed by atoms with Crippen LogP contribution in [-0.2, 0) is 9.59 Å². The molecule has 248 valence electrons. The number of carboxylic acid groups (broad SMARTS) is 2. The van der Waals surface area contributed by atoms with Crippen LogP contribution in [0.5, 0.6) is 0 Å². The Morgan fingerprint density at radius 3 is 0.610 bits per heavy atom. The average molecular weight is 585 g/mol. The van der Waals surface area contributed by atoms with Gasteiger partial charge in [0.2, 0.25) is 0 Å². The summed E-state index contributed by atoms with van der Waals surface area (Å²) in [6.45, 7) is 4.54. The minimum Gasteiger partial charge on any atom is -0.481 e. The first kappa shape index (κ1) is 44.4. The highest BCUT2D eigenvalue weighted by Crippen LogP contribution is 2.15. The SMILES string of the molecule is C.CCCCCCCCCCCCCCCCCC(=O)O.CCCCCCCCCCCCCCCCCC(=O)O. The molecule has 0 aromatic carbocycles. The summed E-state index contributed by atoms with van der Waals surface area (Å²) in [6, 6.07) is 0. The second-order valence-electron chi connectivity index (χ2n) is 12.2. The van der Waals surface area contributed by atoms with E-state index in [-0.39, 0.29) is 7.43 Å². The van der Waals surface area contributed by atoms with E-state index in [0.717, 1.165) is 25.7 Å². The van der Waals surface area contributed by atoms with E-state index in [0.29, 0.717) is 12.8 Å². The Hall–Kier alpha value is -1.06. The van der Waals surface area contributed by atoms with Gasteiger partial charge in [0.1, 0.15) is 0 Å². The maximum absolute atomic E-state index is 10.3. The number of carboxylic acids is 2. The van der Waals surface area contributed by atoms with Crippen molar-refractivity contribution in [2.75, 3.05) is 0 Å². The average Bonchev–Trinajstić information content (AvgIpc) is 2.93. The van der Waals surface area contributed by atoms with Gasteiger partial charge in [-0.2, -0.15) is 0 Å². The Bertz CT molecular complexity index is 447. The van der Waals surface area contributed by atoms with Crippen molar-refractivity contribution in [3.8, 4) is 0 Å². The van der Waals surface area contributed by atoms with Gasteiger partial charge in [0.15, 0.2) is 0 Å². The second-order valence-corrected chi connectivity index (χ2v) is 12.2. The molecule has 0 aromatic heterocycles. The summed E-state index contributed by atoms with van der Waals surface area (Å²) in [5.74, 6) is -1.31. The number of hydrogen-bond acceptors (Lipinski definition) is 2. The van der Waals surface area contributed by atoms with Crippen molar-refractivity contribution in [3.05, 3.63) is 0 Å². The van der Waals surface area contributed by atoms with Crippen molar-refractivity contribution in [1.29, 1.82) is 0 Å². The van der Waals surface area contributed by atoms with E-state index in [2.05, 4.69) is 13.8 Å². The van der Waals surface area contributed by atoms with Gasteiger partial charge in [-0.1, -0.05) is 201 Å². The number of unbranched alkanes of at least 4 members (excludes halogenated alkanes) is 28. The first-order valence-corrected chi connectivity index (χ1v) is 18.0. The zero-order valence-electron chi connectivity index (χ0n) is 27.3. The Kier molecular flexibility index (Phi) is 44.5. The molecule has 41 heavy (non-hydrogen) atoms. The van der Waals surface area contributed by atoms with Gasteiger partial charge >= 0.3 is 11.9 Å². The van der Waals surface area contributed by atoms with Crippen LogP contribution in [0.3, 0.4) is 0 Å². The van der Waals surface area contributed by atoms with Crippen LogP contribution in [0.1, 0.15) is 227 Å². The molecule has 0 aromatic rings. The van der Waals surface area contributed by atoms with E-state index in [9.17, 15) is 9.59 Å². The molecular formula is C37H76O4. The molecule has 0 aliphatic rings. The van der Waals surface area contributed by atoms with Gasteiger partial charge in [-0.25, -0.2) is 0 Å². The minimum atomic E-state index is -0.653. The van der Waals surface area contributed by atoms with Crippen LogP contribution >= 0.6 is 0 Å². The summed E-state index contributed by atoms with van der Waals surface area (Å²) in [5, 5.41) is 17.0. The fourth-order valence-electron chi connectivity index (χ4n) is 5.30. The van der Waals surface area contributed by atoms with Gasteiger partial charge in [-0.05, 0) is 12.8 Å². The highest BCUT2D eigenvalue weighted by Gasteiger charge is 1.98. The van der Waals surface area contributed by atoms with Crippen molar-refractivity contribution >= 4 is 11.9 Å². The summed E-state index contributed by atoms with van der Waals surface area (Å²) < 4.78 is 0. The molecule has 0 saturated carbocycles. The van der Waals surface area contributed by atoms with E-state index in [4.69, 9.17) is 10.2 Å². The van der Waals surface area contributed by atoms with Crippen LogP contribution in [0.15, 0.2) is 0 Å². The predicted molar refractivity (Wildman–Crippen MR) is 181 cm³/mol. The molecule has 0 rings (SSSR count). The third kappa shape index (κ3) is 49.0. The molecule has 4 nitrogen and oxygen atoms in total. The number of aliphatic carboxylic acids is 2. The number of rotatable bonds is 32. The van der Waals surface area contributed by atoms with Crippen molar-refractivity contribution in [3.63, 3.8) is 0 Å². The van der Waals surface area contributed by atoms with Gasteiger partial charge < -0.3 is 10.2 Å². The fourth-order valence-corrected chi connectivity index (χ4v) is 5.30.